The summed E-state index contributed by atoms with van der Waals surface area (Å²) < 4.78 is 0. The number of carbonyl (C=O) groups is 3. The maximum Gasteiger partial charge on any atom is 0.250 e. The van der Waals surface area contributed by atoms with Crippen LogP contribution in [-0.2, 0) is 19.9 Å². The molecule has 0 radical (unpaired) electrons. The fourth-order valence-electron chi connectivity index (χ4n) is 4.94. The number of carbonyl (C=O) groups excluding carboxylic acids is 3. The standard InChI is InChI=1S/C20H24ClN3O3/c1-5-10(4)24-17(25)13-14(18(24)26)20(23-15(13)9(2)3)11-7-6-8-12(21)16(11)22-19(20)27/h6-10,13-15,23H,5H2,1-4H3,(H,22,27)/t10?,13-,14-,15?,20?/m0/s1. The highest BCUT2D eigenvalue weighted by molar-refractivity contribution is 6.35. The van der Waals surface area contributed by atoms with Crippen molar-refractivity contribution in [1.82, 2.24) is 10.2 Å². The van der Waals surface area contributed by atoms with E-state index in [1.165, 1.54) is 4.90 Å². The Morgan fingerprint density at radius 2 is 1.89 bits per heavy atom. The third-order valence-electron chi connectivity index (χ3n) is 6.42. The third kappa shape index (κ3) is 2.20. The van der Waals surface area contributed by atoms with Crippen LogP contribution in [0.25, 0.3) is 0 Å². The molecule has 2 saturated heterocycles. The smallest absolute Gasteiger partial charge is 0.250 e. The summed E-state index contributed by atoms with van der Waals surface area (Å²) in [5.74, 6) is -1.98. The van der Waals surface area contributed by atoms with Crippen molar-refractivity contribution in [3.05, 3.63) is 28.8 Å². The summed E-state index contributed by atoms with van der Waals surface area (Å²) in [6.45, 7) is 7.83. The van der Waals surface area contributed by atoms with Crippen molar-refractivity contribution in [3.8, 4) is 0 Å². The van der Waals surface area contributed by atoms with Crippen molar-refractivity contribution < 1.29 is 14.4 Å². The van der Waals surface area contributed by atoms with Gasteiger partial charge in [-0.25, -0.2) is 0 Å². The predicted octanol–water partition coefficient (Wildman–Crippen LogP) is 2.51. The second-order valence-corrected chi connectivity index (χ2v) is 8.55. The molecule has 1 aromatic rings. The molecule has 1 aromatic carbocycles. The number of hydrogen-bond acceptors (Lipinski definition) is 4. The van der Waals surface area contributed by atoms with Crippen molar-refractivity contribution >= 4 is 35.0 Å². The lowest BCUT2D eigenvalue weighted by atomic mass is 9.76. The Hall–Kier alpha value is -1.92. The van der Waals surface area contributed by atoms with Gasteiger partial charge in [-0.1, -0.05) is 44.5 Å². The van der Waals surface area contributed by atoms with E-state index in [1.807, 2.05) is 33.8 Å². The monoisotopic (exact) mass is 389 g/mol. The summed E-state index contributed by atoms with van der Waals surface area (Å²) >= 11 is 6.30. The zero-order chi connectivity index (χ0) is 19.7. The number of likely N-dealkylation sites (tertiary alicyclic amines) is 1. The fourth-order valence-corrected chi connectivity index (χ4v) is 5.16. The van der Waals surface area contributed by atoms with Gasteiger partial charge in [0.25, 0.3) is 0 Å². The Bertz CT molecular complexity index is 855. The summed E-state index contributed by atoms with van der Waals surface area (Å²) in [6.07, 6.45) is 0.679. The van der Waals surface area contributed by atoms with Gasteiger partial charge in [0, 0.05) is 17.6 Å². The van der Waals surface area contributed by atoms with Gasteiger partial charge in [-0.15, -0.1) is 0 Å². The first-order valence-corrected chi connectivity index (χ1v) is 9.88. The summed E-state index contributed by atoms with van der Waals surface area (Å²) in [5.41, 5.74) is -0.0678. The summed E-state index contributed by atoms with van der Waals surface area (Å²) in [7, 11) is 0. The minimum absolute atomic E-state index is 0.0848. The van der Waals surface area contributed by atoms with E-state index in [0.717, 1.165) is 0 Å². The lowest BCUT2D eigenvalue weighted by Crippen LogP contribution is -2.54. The van der Waals surface area contributed by atoms with Gasteiger partial charge in [0.1, 0.15) is 5.54 Å². The number of nitrogens with zero attached hydrogens (tertiary/aromatic N) is 1. The van der Waals surface area contributed by atoms with Crippen molar-refractivity contribution in [2.24, 2.45) is 17.8 Å². The number of amides is 3. The average Bonchev–Trinajstić information content (AvgIpc) is 3.21. The number of rotatable bonds is 3. The first kappa shape index (κ1) is 18.4. The molecule has 7 heteroatoms. The van der Waals surface area contributed by atoms with Gasteiger partial charge in [0.2, 0.25) is 17.7 Å². The van der Waals surface area contributed by atoms with Crippen molar-refractivity contribution in [2.45, 2.75) is 51.7 Å². The van der Waals surface area contributed by atoms with Crippen LogP contribution in [0.15, 0.2) is 18.2 Å². The number of hydrogen-bond donors (Lipinski definition) is 2. The molecule has 3 heterocycles. The van der Waals surface area contributed by atoms with Crippen LogP contribution in [0.3, 0.4) is 0 Å². The van der Waals surface area contributed by atoms with Crippen LogP contribution in [0.2, 0.25) is 5.02 Å². The van der Waals surface area contributed by atoms with Gasteiger partial charge in [-0.05, 0) is 25.3 Å². The van der Waals surface area contributed by atoms with Crippen LogP contribution in [0.4, 0.5) is 5.69 Å². The van der Waals surface area contributed by atoms with Crippen LogP contribution in [-0.4, -0.2) is 34.7 Å². The van der Waals surface area contributed by atoms with Crippen LogP contribution < -0.4 is 10.6 Å². The maximum atomic E-state index is 13.4. The minimum Gasteiger partial charge on any atom is -0.323 e. The quantitative estimate of drug-likeness (QED) is 0.778. The average molecular weight is 390 g/mol. The topological polar surface area (TPSA) is 78.5 Å². The minimum atomic E-state index is -1.26. The Balaban J connectivity index is 1.92. The van der Waals surface area contributed by atoms with E-state index in [9.17, 15) is 14.4 Å². The molecule has 3 amide bonds. The fraction of sp³-hybridized carbons (Fsp3) is 0.550. The van der Waals surface area contributed by atoms with E-state index in [4.69, 9.17) is 11.6 Å². The molecule has 0 saturated carbocycles. The van der Waals surface area contributed by atoms with Gasteiger partial charge in [0.15, 0.2) is 0 Å². The van der Waals surface area contributed by atoms with Gasteiger partial charge in [-0.2, -0.15) is 0 Å². The molecule has 0 aliphatic carbocycles. The van der Waals surface area contributed by atoms with Crippen molar-refractivity contribution in [2.75, 3.05) is 5.32 Å². The van der Waals surface area contributed by atoms with E-state index in [1.54, 1.807) is 12.1 Å². The number of benzene rings is 1. The summed E-state index contributed by atoms with van der Waals surface area (Å²) in [5, 5.41) is 6.68. The summed E-state index contributed by atoms with van der Waals surface area (Å²) in [4.78, 5) is 41.2. The summed E-state index contributed by atoms with van der Waals surface area (Å²) in [6, 6.07) is 4.84. The molecule has 3 aliphatic rings. The normalized spacial score (nSPS) is 33.0. The molecule has 6 nitrogen and oxygen atoms in total. The van der Waals surface area contributed by atoms with E-state index in [-0.39, 0.29) is 35.7 Å². The molecule has 3 unspecified atom stereocenters. The highest BCUT2D eigenvalue weighted by Gasteiger charge is 2.71. The van der Waals surface area contributed by atoms with E-state index >= 15 is 0 Å². The molecule has 4 rings (SSSR count). The lowest BCUT2D eigenvalue weighted by Gasteiger charge is -2.31. The zero-order valence-corrected chi connectivity index (χ0v) is 16.6. The Kier molecular flexibility index (Phi) is 4.13. The number of para-hydroxylation sites is 1. The van der Waals surface area contributed by atoms with Gasteiger partial charge >= 0.3 is 0 Å². The zero-order valence-electron chi connectivity index (χ0n) is 15.9. The molecular weight excluding hydrogens is 366 g/mol. The van der Waals surface area contributed by atoms with Gasteiger partial charge in [-0.3, -0.25) is 24.6 Å². The number of anilines is 1. The Morgan fingerprint density at radius 1 is 1.19 bits per heavy atom. The first-order chi connectivity index (χ1) is 12.8. The van der Waals surface area contributed by atoms with Crippen molar-refractivity contribution in [1.29, 1.82) is 0 Å². The lowest BCUT2D eigenvalue weighted by molar-refractivity contribution is -0.145. The molecule has 27 heavy (non-hydrogen) atoms. The molecule has 2 fully saturated rings. The van der Waals surface area contributed by atoms with Crippen molar-refractivity contribution in [3.63, 3.8) is 0 Å². The van der Waals surface area contributed by atoms with E-state index in [2.05, 4.69) is 10.6 Å². The molecule has 3 aliphatic heterocycles. The molecule has 144 valence electrons. The highest BCUT2D eigenvalue weighted by atomic mass is 35.5. The molecule has 1 spiro atoms. The number of imide groups is 1. The van der Waals surface area contributed by atoms with E-state index in [0.29, 0.717) is 22.7 Å². The SMILES string of the molecule is CCC(C)N1C(=O)[C@@H]2C(C(C)C)NC3(C(=O)Nc4c(Cl)cccc43)[C@@H]2C1=O. The first-order valence-electron chi connectivity index (χ1n) is 9.50. The molecule has 0 aromatic heterocycles. The van der Waals surface area contributed by atoms with Crippen LogP contribution in [0.1, 0.15) is 39.7 Å². The Morgan fingerprint density at radius 3 is 2.52 bits per heavy atom. The molecule has 2 N–H and O–H groups in total. The molecular formula is C20H24ClN3O3. The number of fused-ring (bicyclic) bond motifs is 4. The number of halogens is 1. The van der Waals surface area contributed by atoms with E-state index < -0.39 is 17.4 Å². The second kappa shape index (κ2) is 6.04. The van der Waals surface area contributed by atoms with Crippen LogP contribution in [0, 0.1) is 17.8 Å². The van der Waals surface area contributed by atoms with Gasteiger partial charge in [0.05, 0.1) is 22.5 Å². The molecule has 0 bridgehead atoms. The predicted molar refractivity (Wildman–Crippen MR) is 102 cm³/mol. The second-order valence-electron chi connectivity index (χ2n) is 8.15. The van der Waals surface area contributed by atoms with Gasteiger partial charge < -0.3 is 5.32 Å². The van der Waals surface area contributed by atoms with Crippen LogP contribution in [0.5, 0.6) is 0 Å². The highest BCUT2D eigenvalue weighted by Crippen LogP contribution is 2.55. The van der Waals surface area contributed by atoms with Crippen LogP contribution >= 0.6 is 11.6 Å². The maximum absolute atomic E-state index is 13.4. The number of nitrogens with one attached hydrogen (secondary N) is 2. The largest absolute Gasteiger partial charge is 0.323 e. The molecule has 5 atom stereocenters. The Labute approximate surface area is 163 Å². The third-order valence-corrected chi connectivity index (χ3v) is 6.73.